The molecule has 0 radical (unpaired) electrons. The number of aryl methyl sites for hydroxylation is 1. The van der Waals surface area contributed by atoms with Gasteiger partial charge in [-0.25, -0.2) is 5.43 Å². The molecule has 0 fully saturated rings. The molecule has 0 aliphatic rings. The summed E-state index contributed by atoms with van der Waals surface area (Å²) < 4.78 is 5.60. The van der Waals surface area contributed by atoms with E-state index in [2.05, 4.69) is 10.5 Å². The largest absolute Gasteiger partial charge is 0.493 e. The number of ether oxygens (including phenoxy) is 1. The Hall–Kier alpha value is -1.81. The Balaban J connectivity index is 2.23. The SMILES string of the molecule is C/C=C/C=N/NC(=O)CCCOc1ccc(Cl)cc1C. The van der Waals surface area contributed by atoms with Crippen molar-refractivity contribution in [1.29, 1.82) is 0 Å². The minimum absolute atomic E-state index is 0.123. The highest BCUT2D eigenvalue weighted by atomic mass is 35.5. The molecule has 0 bridgehead atoms. The molecule has 108 valence electrons. The Morgan fingerprint density at radius 1 is 1.50 bits per heavy atom. The van der Waals surface area contributed by atoms with E-state index in [1.807, 2.05) is 32.1 Å². The number of carbonyl (C=O) groups excluding carboxylic acids is 1. The molecule has 5 heteroatoms. The van der Waals surface area contributed by atoms with Crippen molar-refractivity contribution in [2.24, 2.45) is 5.10 Å². The van der Waals surface area contributed by atoms with E-state index >= 15 is 0 Å². The zero-order valence-corrected chi connectivity index (χ0v) is 12.5. The molecule has 1 amide bonds. The first-order valence-corrected chi connectivity index (χ1v) is 6.83. The maximum atomic E-state index is 11.4. The molecule has 0 spiro atoms. The van der Waals surface area contributed by atoms with Gasteiger partial charge in [0.1, 0.15) is 5.75 Å². The minimum Gasteiger partial charge on any atom is -0.493 e. The highest BCUT2D eigenvalue weighted by Gasteiger charge is 2.02. The normalized spacial score (nSPS) is 11.2. The van der Waals surface area contributed by atoms with E-state index in [0.717, 1.165) is 11.3 Å². The Kier molecular flexibility index (Phi) is 7.43. The quantitative estimate of drug-likeness (QED) is 0.475. The van der Waals surface area contributed by atoms with Crippen molar-refractivity contribution in [2.75, 3.05) is 6.61 Å². The Labute approximate surface area is 124 Å². The zero-order chi connectivity index (χ0) is 14.8. The standard InChI is InChI=1S/C15H19ClN2O2/c1-3-4-9-17-18-15(19)6-5-10-20-14-8-7-13(16)11-12(14)2/h3-4,7-9,11H,5-6,10H2,1-2H3,(H,18,19)/b4-3+,17-9+. The van der Waals surface area contributed by atoms with Gasteiger partial charge in [-0.1, -0.05) is 17.7 Å². The third-order valence-electron chi connectivity index (χ3n) is 2.49. The van der Waals surface area contributed by atoms with Gasteiger partial charge in [-0.3, -0.25) is 4.79 Å². The van der Waals surface area contributed by atoms with Crippen LogP contribution >= 0.6 is 11.6 Å². The van der Waals surface area contributed by atoms with Crippen molar-refractivity contribution in [3.63, 3.8) is 0 Å². The highest BCUT2D eigenvalue weighted by molar-refractivity contribution is 6.30. The number of rotatable bonds is 7. The van der Waals surface area contributed by atoms with Crippen LogP contribution in [-0.2, 0) is 4.79 Å². The fraction of sp³-hybridized carbons (Fsp3) is 0.333. The van der Waals surface area contributed by atoms with Crippen molar-refractivity contribution in [1.82, 2.24) is 5.43 Å². The summed E-state index contributed by atoms with van der Waals surface area (Å²) in [6, 6.07) is 5.46. The second kappa shape index (κ2) is 9.15. The van der Waals surface area contributed by atoms with E-state index in [1.165, 1.54) is 6.21 Å². The molecule has 0 aromatic heterocycles. The number of halogens is 1. The van der Waals surface area contributed by atoms with Gasteiger partial charge in [-0.2, -0.15) is 5.10 Å². The van der Waals surface area contributed by atoms with Crippen LogP contribution in [0.5, 0.6) is 5.75 Å². The summed E-state index contributed by atoms with van der Waals surface area (Å²) in [5.41, 5.74) is 3.43. The molecule has 20 heavy (non-hydrogen) atoms. The van der Waals surface area contributed by atoms with Gasteiger partial charge < -0.3 is 4.74 Å². The van der Waals surface area contributed by atoms with Crippen LogP contribution in [-0.4, -0.2) is 18.7 Å². The van der Waals surface area contributed by atoms with E-state index in [0.29, 0.717) is 24.5 Å². The molecule has 0 heterocycles. The summed E-state index contributed by atoms with van der Waals surface area (Å²) in [6.07, 6.45) is 6.11. The fourth-order valence-electron chi connectivity index (χ4n) is 1.48. The lowest BCUT2D eigenvalue weighted by Crippen LogP contribution is -2.17. The summed E-state index contributed by atoms with van der Waals surface area (Å²) in [4.78, 5) is 11.4. The van der Waals surface area contributed by atoms with Gasteiger partial charge in [0, 0.05) is 17.7 Å². The van der Waals surface area contributed by atoms with Crippen molar-refractivity contribution < 1.29 is 9.53 Å². The molecule has 0 saturated carbocycles. The lowest BCUT2D eigenvalue weighted by Gasteiger charge is -2.08. The highest BCUT2D eigenvalue weighted by Crippen LogP contribution is 2.21. The summed E-state index contributed by atoms with van der Waals surface area (Å²) in [6.45, 7) is 4.29. The molecular formula is C15H19ClN2O2. The molecule has 1 rings (SSSR count). The predicted molar refractivity (Wildman–Crippen MR) is 82.4 cm³/mol. The molecule has 1 aromatic rings. The fourth-order valence-corrected chi connectivity index (χ4v) is 1.71. The van der Waals surface area contributed by atoms with Crippen LogP contribution in [0.3, 0.4) is 0 Å². The van der Waals surface area contributed by atoms with Crippen LogP contribution in [0.25, 0.3) is 0 Å². The lowest BCUT2D eigenvalue weighted by molar-refractivity contribution is -0.121. The molecule has 0 saturated heterocycles. The monoisotopic (exact) mass is 294 g/mol. The second-order valence-corrected chi connectivity index (χ2v) is 4.64. The first-order chi connectivity index (χ1) is 9.63. The molecule has 0 aliphatic heterocycles. The van der Waals surface area contributed by atoms with Crippen molar-refractivity contribution in [3.8, 4) is 5.75 Å². The van der Waals surface area contributed by atoms with Crippen molar-refractivity contribution in [2.45, 2.75) is 26.7 Å². The Bertz CT molecular complexity index is 499. The first-order valence-electron chi connectivity index (χ1n) is 6.45. The predicted octanol–water partition coefficient (Wildman–Crippen LogP) is 3.49. The number of nitrogens with zero attached hydrogens (tertiary/aromatic N) is 1. The van der Waals surface area contributed by atoms with E-state index in [-0.39, 0.29) is 5.91 Å². The molecule has 4 nitrogen and oxygen atoms in total. The maximum absolute atomic E-state index is 11.4. The van der Waals surface area contributed by atoms with Gasteiger partial charge in [0.25, 0.3) is 0 Å². The van der Waals surface area contributed by atoms with Crippen LogP contribution in [0.4, 0.5) is 0 Å². The number of hydrogen-bond acceptors (Lipinski definition) is 3. The van der Waals surface area contributed by atoms with Gasteiger partial charge in [-0.05, 0) is 50.1 Å². The van der Waals surface area contributed by atoms with Gasteiger partial charge in [0.05, 0.1) is 6.61 Å². The van der Waals surface area contributed by atoms with Crippen molar-refractivity contribution >= 4 is 23.7 Å². The average Bonchev–Trinajstić information content (AvgIpc) is 2.41. The second-order valence-electron chi connectivity index (χ2n) is 4.20. The zero-order valence-electron chi connectivity index (χ0n) is 11.7. The number of amides is 1. The van der Waals surface area contributed by atoms with Gasteiger partial charge in [0.2, 0.25) is 5.91 Å². The van der Waals surface area contributed by atoms with Gasteiger partial charge >= 0.3 is 0 Å². The number of nitrogens with one attached hydrogen (secondary N) is 1. The molecule has 1 N–H and O–H groups in total. The third-order valence-corrected chi connectivity index (χ3v) is 2.72. The average molecular weight is 295 g/mol. The summed E-state index contributed by atoms with van der Waals surface area (Å²) in [5, 5.41) is 4.44. The number of hydrogen-bond donors (Lipinski definition) is 1. The Morgan fingerprint density at radius 3 is 3.00 bits per heavy atom. The number of allylic oxidation sites excluding steroid dienone is 2. The maximum Gasteiger partial charge on any atom is 0.240 e. The van der Waals surface area contributed by atoms with E-state index in [1.54, 1.807) is 12.1 Å². The summed E-state index contributed by atoms with van der Waals surface area (Å²) >= 11 is 5.86. The molecular weight excluding hydrogens is 276 g/mol. The van der Waals surface area contributed by atoms with Crippen LogP contribution in [0.2, 0.25) is 5.02 Å². The molecule has 0 aliphatic carbocycles. The van der Waals surface area contributed by atoms with E-state index in [9.17, 15) is 4.79 Å². The van der Waals surface area contributed by atoms with Crippen LogP contribution in [0.15, 0.2) is 35.5 Å². The van der Waals surface area contributed by atoms with Crippen LogP contribution in [0, 0.1) is 6.92 Å². The number of carbonyl (C=O) groups is 1. The smallest absolute Gasteiger partial charge is 0.240 e. The van der Waals surface area contributed by atoms with Crippen molar-refractivity contribution in [3.05, 3.63) is 40.9 Å². The first kappa shape index (κ1) is 16.2. The van der Waals surface area contributed by atoms with Crippen LogP contribution < -0.4 is 10.2 Å². The molecule has 1 aromatic carbocycles. The summed E-state index contributed by atoms with van der Waals surface area (Å²) in [7, 11) is 0. The van der Waals surface area contributed by atoms with Gasteiger partial charge in [-0.15, -0.1) is 0 Å². The van der Waals surface area contributed by atoms with Crippen LogP contribution in [0.1, 0.15) is 25.3 Å². The minimum atomic E-state index is -0.123. The van der Waals surface area contributed by atoms with E-state index in [4.69, 9.17) is 16.3 Å². The van der Waals surface area contributed by atoms with E-state index < -0.39 is 0 Å². The lowest BCUT2D eigenvalue weighted by atomic mass is 10.2. The van der Waals surface area contributed by atoms with Gasteiger partial charge in [0.15, 0.2) is 0 Å². The molecule has 0 atom stereocenters. The number of hydrazone groups is 1. The number of benzene rings is 1. The summed E-state index contributed by atoms with van der Waals surface area (Å²) in [5.74, 6) is 0.670. The topological polar surface area (TPSA) is 50.7 Å². The third kappa shape index (κ3) is 6.38. The Morgan fingerprint density at radius 2 is 2.30 bits per heavy atom. The molecule has 0 unspecified atom stereocenters.